The standard InChI is InChI=1S/C21H23N5O2/c1-13(2)26-20-15(10-23-26)8-17(11-22-20)24-21(28)16-9-19(27)25(12-16)18-6-4-14(3)5-7-18/h4-8,10-11,13,16H,9,12H2,1-3H3,(H,24,28). The van der Waals surface area contributed by atoms with Crippen LogP contribution < -0.4 is 10.2 Å². The zero-order valence-corrected chi connectivity index (χ0v) is 16.2. The van der Waals surface area contributed by atoms with Crippen LogP contribution in [0.25, 0.3) is 11.0 Å². The molecule has 3 aromatic rings. The minimum Gasteiger partial charge on any atom is -0.324 e. The lowest BCUT2D eigenvalue weighted by molar-refractivity contribution is -0.122. The molecular formula is C21H23N5O2. The van der Waals surface area contributed by atoms with Crippen molar-refractivity contribution < 1.29 is 9.59 Å². The quantitative estimate of drug-likeness (QED) is 0.756. The maximum absolute atomic E-state index is 12.7. The summed E-state index contributed by atoms with van der Waals surface area (Å²) < 4.78 is 1.84. The highest BCUT2D eigenvalue weighted by molar-refractivity contribution is 6.03. The highest BCUT2D eigenvalue weighted by Gasteiger charge is 2.35. The molecule has 1 aromatic carbocycles. The lowest BCUT2D eigenvalue weighted by atomic mass is 10.1. The summed E-state index contributed by atoms with van der Waals surface area (Å²) in [5.74, 6) is -0.584. The maximum Gasteiger partial charge on any atom is 0.229 e. The normalized spacial score (nSPS) is 16.9. The van der Waals surface area contributed by atoms with E-state index in [1.807, 2.05) is 55.8 Å². The second-order valence-electron chi connectivity index (χ2n) is 7.55. The summed E-state index contributed by atoms with van der Waals surface area (Å²) in [6.07, 6.45) is 3.59. The van der Waals surface area contributed by atoms with E-state index in [-0.39, 0.29) is 30.2 Å². The van der Waals surface area contributed by atoms with Crippen molar-refractivity contribution in [2.75, 3.05) is 16.8 Å². The predicted octanol–water partition coefficient (Wildman–Crippen LogP) is 3.31. The van der Waals surface area contributed by atoms with E-state index >= 15 is 0 Å². The van der Waals surface area contributed by atoms with Gasteiger partial charge in [0.05, 0.1) is 24.0 Å². The molecular weight excluding hydrogens is 354 g/mol. The Bertz CT molecular complexity index is 1040. The van der Waals surface area contributed by atoms with Crippen molar-refractivity contribution in [2.45, 2.75) is 33.2 Å². The fraction of sp³-hybridized carbons (Fsp3) is 0.333. The Balaban J connectivity index is 1.47. The van der Waals surface area contributed by atoms with Crippen LogP contribution in [0.3, 0.4) is 0 Å². The molecule has 1 atom stereocenters. The van der Waals surface area contributed by atoms with E-state index in [2.05, 4.69) is 15.4 Å². The number of aryl methyl sites for hydroxylation is 1. The largest absolute Gasteiger partial charge is 0.324 e. The second-order valence-corrected chi connectivity index (χ2v) is 7.55. The first-order valence-corrected chi connectivity index (χ1v) is 9.43. The lowest BCUT2D eigenvalue weighted by Crippen LogP contribution is -2.28. The number of aromatic nitrogens is 3. The van der Waals surface area contributed by atoms with Crippen LogP contribution in [0.4, 0.5) is 11.4 Å². The average molecular weight is 377 g/mol. The summed E-state index contributed by atoms with van der Waals surface area (Å²) in [4.78, 5) is 31.2. The lowest BCUT2D eigenvalue weighted by Gasteiger charge is -2.17. The molecule has 28 heavy (non-hydrogen) atoms. The van der Waals surface area contributed by atoms with Crippen LogP contribution in [0, 0.1) is 12.8 Å². The van der Waals surface area contributed by atoms with E-state index < -0.39 is 0 Å². The summed E-state index contributed by atoms with van der Waals surface area (Å²) in [6, 6.07) is 9.83. The molecule has 144 valence electrons. The summed E-state index contributed by atoms with van der Waals surface area (Å²) in [5, 5.41) is 8.11. The molecule has 0 radical (unpaired) electrons. The number of hydrogen-bond donors (Lipinski definition) is 1. The van der Waals surface area contributed by atoms with Gasteiger partial charge in [0.1, 0.15) is 0 Å². The molecule has 1 saturated heterocycles. The number of benzene rings is 1. The van der Waals surface area contributed by atoms with Crippen LogP contribution in [-0.4, -0.2) is 33.1 Å². The molecule has 2 aromatic heterocycles. The molecule has 1 fully saturated rings. The number of amides is 2. The first kappa shape index (κ1) is 18.2. The van der Waals surface area contributed by atoms with Crippen LogP contribution in [0.5, 0.6) is 0 Å². The van der Waals surface area contributed by atoms with E-state index in [4.69, 9.17) is 0 Å². The molecule has 0 spiro atoms. The van der Waals surface area contributed by atoms with Crippen LogP contribution in [-0.2, 0) is 9.59 Å². The van der Waals surface area contributed by atoms with Crippen molar-refractivity contribution in [3.8, 4) is 0 Å². The number of anilines is 2. The molecule has 1 aliphatic heterocycles. The van der Waals surface area contributed by atoms with E-state index in [1.54, 1.807) is 17.3 Å². The number of hydrogen-bond acceptors (Lipinski definition) is 4. The zero-order valence-electron chi connectivity index (χ0n) is 16.2. The zero-order chi connectivity index (χ0) is 19.8. The first-order chi connectivity index (χ1) is 13.4. The molecule has 0 aliphatic carbocycles. The summed E-state index contributed by atoms with van der Waals surface area (Å²) >= 11 is 0. The highest BCUT2D eigenvalue weighted by atomic mass is 16.2. The van der Waals surface area contributed by atoms with Gasteiger partial charge in [-0.2, -0.15) is 5.10 Å². The third-order valence-electron chi connectivity index (χ3n) is 5.03. The van der Waals surface area contributed by atoms with Gasteiger partial charge < -0.3 is 10.2 Å². The van der Waals surface area contributed by atoms with Crippen LogP contribution >= 0.6 is 0 Å². The third kappa shape index (κ3) is 3.35. The molecule has 1 N–H and O–H groups in total. The monoisotopic (exact) mass is 377 g/mol. The molecule has 7 nitrogen and oxygen atoms in total. The van der Waals surface area contributed by atoms with Gasteiger partial charge in [0.15, 0.2) is 5.65 Å². The SMILES string of the molecule is Cc1ccc(N2CC(C(=O)Nc3cnc4c(cnn4C(C)C)c3)CC2=O)cc1. The Morgan fingerprint density at radius 2 is 1.96 bits per heavy atom. The van der Waals surface area contributed by atoms with E-state index in [1.165, 1.54) is 0 Å². The van der Waals surface area contributed by atoms with Gasteiger partial charge in [-0.15, -0.1) is 0 Å². The van der Waals surface area contributed by atoms with Crippen molar-refractivity contribution in [1.82, 2.24) is 14.8 Å². The van der Waals surface area contributed by atoms with Crippen molar-refractivity contribution in [2.24, 2.45) is 5.92 Å². The molecule has 4 rings (SSSR count). The van der Waals surface area contributed by atoms with E-state index in [0.29, 0.717) is 12.2 Å². The molecule has 2 amide bonds. The molecule has 3 heterocycles. The number of pyridine rings is 1. The van der Waals surface area contributed by atoms with Crippen LogP contribution in [0.1, 0.15) is 31.9 Å². The minimum absolute atomic E-state index is 0.0317. The van der Waals surface area contributed by atoms with Gasteiger partial charge in [0, 0.05) is 30.1 Å². The smallest absolute Gasteiger partial charge is 0.229 e. The Morgan fingerprint density at radius 1 is 1.21 bits per heavy atom. The number of carbonyl (C=O) groups excluding carboxylic acids is 2. The summed E-state index contributed by atoms with van der Waals surface area (Å²) in [5.41, 5.74) is 3.36. The number of fused-ring (bicyclic) bond motifs is 1. The first-order valence-electron chi connectivity index (χ1n) is 9.43. The number of nitrogens with one attached hydrogen (secondary N) is 1. The topological polar surface area (TPSA) is 80.1 Å². The van der Waals surface area contributed by atoms with Crippen molar-refractivity contribution in [3.63, 3.8) is 0 Å². The Kier molecular flexibility index (Phi) is 4.58. The Labute approximate surface area is 163 Å². The van der Waals surface area contributed by atoms with Crippen LogP contribution in [0.15, 0.2) is 42.7 Å². The van der Waals surface area contributed by atoms with Gasteiger partial charge in [-0.1, -0.05) is 17.7 Å². The summed E-state index contributed by atoms with van der Waals surface area (Å²) in [6.45, 7) is 6.47. The summed E-state index contributed by atoms with van der Waals surface area (Å²) in [7, 11) is 0. The van der Waals surface area contributed by atoms with Gasteiger partial charge in [-0.3, -0.25) is 9.59 Å². The number of rotatable bonds is 4. The Hall–Kier alpha value is -3.22. The minimum atomic E-state index is -0.386. The fourth-order valence-corrected chi connectivity index (χ4v) is 3.49. The fourth-order valence-electron chi connectivity index (χ4n) is 3.49. The maximum atomic E-state index is 12.7. The second kappa shape index (κ2) is 7.07. The molecule has 1 unspecified atom stereocenters. The van der Waals surface area contributed by atoms with E-state index in [0.717, 1.165) is 22.3 Å². The Morgan fingerprint density at radius 3 is 2.68 bits per heavy atom. The van der Waals surface area contributed by atoms with Gasteiger partial charge in [0.25, 0.3) is 0 Å². The molecule has 7 heteroatoms. The third-order valence-corrected chi connectivity index (χ3v) is 5.03. The van der Waals surface area contributed by atoms with Crippen molar-refractivity contribution in [3.05, 3.63) is 48.3 Å². The molecule has 0 bridgehead atoms. The predicted molar refractivity (Wildman–Crippen MR) is 108 cm³/mol. The van der Waals surface area contributed by atoms with Crippen molar-refractivity contribution in [1.29, 1.82) is 0 Å². The molecule has 1 aliphatic rings. The average Bonchev–Trinajstić information content (AvgIpc) is 3.26. The van der Waals surface area contributed by atoms with Gasteiger partial charge in [0.2, 0.25) is 11.8 Å². The van der Waals surface area contributed by atoms with Gasteiger partial charge in [-0.05, 0) is 39.0 Å². The van der Waals surface area contributed by atoms with Crippen molar-refractivity contribution >= 4 is 34.2 Å². The highest BCUT2D eigenvalue weighted by Crippen LogP contribution is 2.27. The van der Waals surface area contributed by atoms with Gasteiger partial charge in [-0.25, -0.2) is 9.67 Å². The van der Waals surface area contributed by atoms with E-state index in [9.17, 15) is 9.59 Å². The van der Waals surface area contributed by atoms with Crippen LogP contribution in [0.2, 0.25) is 0 Å². The number of nitrogens with zero attached hydrogens (tertiary/aromatic N) is 4. The molecule has 0 saturated carbocycles. The van der Waals surface area contributed by atoms with Gasteiger partial charge >= 0.3 is 0 Å². The number of carbonyl (C=O) groups is 2.